The Kier molecular flexibility index (Phi) is 6.15. The number of rotatable bonds is 8. The molecule has 2 aromatic rings. The number of H-pyrrole nitrogens is 1. The van der Waals surface area contributed by atoms with Gasteiger partial charge in [0.1, 0.15) is 0 Å². The summed E-state index contributed by atoms with van der Waals surface area (Å²) in [7, 11) is -0.834. The van der Waals surface area contributed by atoms with Crippen molar-refractivity contribution in [1.82, 2.24) is 29.7 Å². The highest BCUT2D eigenvalue weighted by Crippen LogP contribution is 2.35. The number of hydrogen-bond acceptors (Lipinski definition) is 6. The highest BCUT2D eigenvalue weighted by Gasteiger charge is 2.27. The molecule has 3 N–H and O–H groups in total. The molecule has 1 saturated carbocycles. The molecule has 0 unspecified atom stereocenters. The van der Waals surface area contributed by atoms with Crippen LogP contribution in [0, 0.1) is 4.77 Å². The summed E-state index contributed by atoms with van der Waals surface area (Å²) in [5.74, 6) is -0.304. The van der Waals surface area contributed by atoms with Crippen molar-refractivity contribution >= 4 is 34.1 Å². The third kappa shape index (κ3) is 4.89. The van der Waals surface area contributed by atoms with Gasteiger partial charge in [-0.1, -0.05) is 6.07 Å². The Morgan fingerprint density at radius 1 is 1.31 bits per heavy atom. The smallest absolute Gasteiger partial charge is 0.251 e. The second-order valence-corrected chi connectivity index (χ2v) is 9.36. The van der Waals surface area contributed by atoms with Crippen molar-refractivity contribution in [3.05, 3.63) is 40.4 Å². The average molecular weight is 439 g/mol. The fourth-order valence-electron chi connectivity index (χ4n) is 2.68. The van der Waals surface area contributed by atoms with Crippen molar-refractivity contribution in [1.29, 1.82) is 0 Å². The quantitative estimate of drug-likeness (QED) is 0.517. The fourth-order valence-corrected chi connectivity index (χ4v) is 3.93. The summed E-state index contributed by atoms with van der Waals surface area (Å²) in [4.78, 5) is 24.4. The van der Waals surface area contributed by atoms with Crippen LogP contribution in [0.4, 0.5) is 0 Å². The standard InChI is InChI=1S/C17H22N6O4S2/c1-22(2)29(26,27)13-5-3-4-11(8-13)16(25)19-10-15(24)18-9-14-20-21-17(28)23(14)12-6-7-12/h3-5,8,12H,6-7,9-10H2,1-2H3,(H,18,24)(H,19,25)(H,21,28). The monoisotopic (exact) mass is 438 g/mol. The molecule has 1 aromatic carbocycles. The van der Waals surface area contributed by atoms with E-state index in [0.29, 0.717) is 16.6 Å². The molecule has 1 aliphatic rings. The summed E-state index contributed by atoms with van der Waals surface area (Å²) in [6.45, 7) is -0.0625. The van der Waals surface area contributed by atoms with E-state index in [2.05, 4.69) is 20.8 Å². The van der Waals surface area contributed by atoms with E-state index in [4.69, 9.17) is 12.2 Å². The number of carbonyl (C=O) groups is 2. The van der Waals surface area contributed by atoms with Gasteiger partial charge in [-0.25, -0.2) is 12.7 Å². The molecule has 0 aliphatic heterocycles. The number of nitrogens with zero attached hydrogens (tertiary/aromatic N) is 3. The van der Waals surface area contributed by atoms with Crippen LogP contribution < -0.4 is 10.6 Å². The first-order valence-electron chi connectivity index (χ1n) is 8.93. The second-order valence-electron chi connectivity index (χ2n) is 6.82. The van der Waals surface area contributed by atoms with Gasteiger partial charge in [0.05, 0.1) is 18.0 Å². The van der Waals surface area contributed by atoms with Crippen LogP contribution >= 0.6 is 12.2 Å². The van der Waals surface area contributed by atoms with E-state index < -0.39 is 21.8 Å². The summed E-state index contributed by atoms with van der Waals surface area (Å²) >= 11 is 5.19. The van der Waals surface area contributed by atoms with Gasteiger partial charge in [0.25, 0.3) is 5.91 Å². The van der Waals surface area contributed by atoms with Crippen LogP contribution in [-0.2, 0) is 21.4 Å². The second kappa shape index (κ2) is 8.43. The predicted molar refractivity (Wildman–Crippen MR) is 107 cm³/mol. The number of nitrogens with one attached hydrogen (secondary N) is 3. The number of aromatic amines is 1. The van der Waals surface area contributed by atoms with Crippen molar-refractivity contribution in [3.8, 4) is 0 Å². The summed E-state index contributed by atoms with van der Waals surface area (Å²) < 4.78 is 27.9. The van der Waals surface area contributed by atoms with Gasteiger partial charge in [-0.2, -0.15) is 5.10 Å². The highest BCUT2D eigenvalue weighted by atomic mass is 32.2. The molecular formula is C17H22N6O4S2. The molecular weight excluding hydrogens is 416 g/mol. The van der Waals surface area contributed by atoms with E-state index in [0.717, 1.165) is 17.1 Å². The van der Waals surface area contributed by atoms with Gasteiger partial charge >= 0.3 is 0 Å². The van der Waals surface area contributed by atoms with Crippen molar-refractivity contribution in [2.24, 2.45) is 0 Å². The minimum atomic E-state index is -3.65. The summed E-state index contributed by atoms with van der Waals surface area (Å²) in [5.41, 5.74) is 0.148. The molecule has 1 fully saturated rings. The van der Waals surface area contributed by atoms with E-state index in [1.54, 1.807) is 0 Å². The molecule has 10 nitrogen and oxygen atoms in total. The molecule has 2 amide bonds. The molecule has 0 saturated heterocycles. The van der Waals surface area contributed by atoms with Gasteiger partial charge in [0.15, 0.2) is 10.6 Å². The van der Waals surface area contributed by atoms with Crippen LogP contribution in [0.15, 0.2) is 29.2 Å². The van der Waals surface area contributed by atoms with E-state index in [1.165, 1.54) is 38.4 Å². The van der Waals surface area contributed by atoms with Crippen molar-refractivity contribution in [3.63, 3.8) is 0 Å². The largest absolute Gasteiger partial charge is 0.347 e. The van der Waals surface area contributed by atoms with Crippen LogP contribution in [-0.4, -0.2) is 59.9 Å². The maximum Gasteiger partial charge on any atom is 0.251 e. The van der Waals surface area contributed by atoms with Gasteiger partial charge < -0.3 is 10.6 Å². The third-order valence-electron chi connectivity index (χ3n) is 4.42. The van der Waals surface area contributed by atoms with Gasteiger partial charge in [-0.3, -0.25) is 19.3 Å². The van der Waals surface area contributed by atoms with Crippen molar-refractivity contribution < 1.29 is 18.0 Å². The normalized spacial score (nSPS) is 14.0. The Bertz CT molecular complexity index is 1090. The number of aromatic nitrogens is 3. The van der Waals surface area contributed by atoms with Crippen molar-refractivity contribution in [2.75, 3.05) is 20.6 Å². The zero-order valence-corrected chi connectivity index (χ0v) is 17.6. The maximum absolute atomic E-state index is 12.3. The minimum Gasteiger partial charge on any atom is -0.347 e. The van der Waals surface area contributed by atoms with E-state index in [1.807, 2.05) is 4.57 Å². The van der Waals surface area contributed by atoms with Crippen LogP contribution in [0.3, 0.4) is 0 Å². The Morgan fingerprint density at radius 2 is 2.03 bits per heavy atom. The van der Waals surface area contributed by atoms with E-state index in [-0.39, 0.29) is 23.5 Å². The van der Waals surface area contributed by atoms with Gasteiger partial charge in [-0.05, 0) is 43.3 Å². The molecule has 1 heterocycles. The average Bonchev–Trinajstić information content (AvgIpc) is 3.46. The summed E-state index contributed by atoms with van der Waals surface area (Å²) in [6.07, 6.45) is 2.07. The van der Waals surface area contributed by atoms with Crippen LogP contribution in [0.1, 0.15) is 35.1 Å². The molecule has 156 valence electrons. The Morgan fingerprint density at radius 3 is 2.69 bits per heavy atom. The summed E-state index contributed by atoms with van der Waals surface area (Å²) in [5, 5.41) is 12.0. The summed E-state index contributed by atoms with van der Waals surface area (Å²) in [6, 6.07) is 5.97. The molecule has 0 bridgehead atoms. The highest BCUT2D eigenvalue weighted by molar-refractivity contribution is 7.89. The lowest BCUT2D eigenvalue weighted by Crippen LogP contribution is -2.37. The van der Waals surface area contributed by atoms with Crippen LogP contribution in [0.25, 0.3) is 0 Å². The molecule has 3 rings (SSSR count). The number of hydrogen-bond donors (Lipinski definition) is 3. The first kappa shape index (κ1) is 21.1. The Hall–Kier alpha value is -2.57. The number of carbonyl (C=O) groups excluding carboxylic acids is 2. The van der Waals surface area contributed by atoms with Crippen LogP contribution in [0.2, 0.25) is 0 Å². The third-order valence-corrected chi connectivity index (χ3v) is 6.52. The molecule has 0 spiro atoms. The molecule has 1 aliphatic carbocycles. The number of benzene rings is 1. The minimum absolute atomic E-state index is 0.00230. The van der Waals surface area contributed by atoms with Gasteiger partial charge in [-0.15, -0.1) is 0 Å². The van der Waals surface area contributed by atoms with Crippen molar-refractivity contribution in [2.45, 2.75) is 30.3 Å². The van der Waals surface area contributed by atoms with E-state index >= 15 is 0 Å². The molecule has 29 heavy (non-hydrogen) atoms. The first-order chi connectivity index (χ1) is 13.7. The number of sulfonamides is 1. The fraction of sp³-hybridized carbons (Fsp3) is 0.412. The topological polar surface area (TPSA) is 129 Å². The maximum atomic E-state index is 12.3. The SMILES string of the molecule is CN(C)S(=O)(=O)c1cccc(C(=O)NCC(=O)NCc2n[nH]c(=S)n2C2CC2)c1. The zero-order chi connectivity index (χ0) is 21.2. The molecule has 12 heteroatoms. The Labute approximate surface area is 173 Å². The van der Waals surface area contributed by atoms with Crippen LogP contribution in [0.5, 0.6) is 0 Å². The lowest BCUT2D eigenvalue weighted by molar-refractivity contribution is -0.120. The molecule has 0 atom stereocenters. The lowest BCUT2D eigenvalue weighted by Gasteiger charge is -2.12. The zero-order valence-electron chi connectivity index (χ0n) is 16.0. The molecule has 0 radical (unpaired) electrons. The first-order valence-corrected chi connectivity index (χ1v) is 10.8. The van der Waals surface area contributed by atoms with E-state index in [9.17, 15) is 18.0 Å². The molecule has 1 aromatic heterocycles. The van der Waals surface area contributed by atoms with Gasteiger partial charge in [0, 0.05) is 25.7 Å². The lowest BCUT2D eigenvalue weighted by atomic mass is 10.2. The van der Waals surface area contributed by atoms with Gasteiger partial charge in [0.2, 0.25) is 15.9 Å². The Balaban J connectivity index is 1.56. The number of amides is 2. The predicted octanol–water partition coefficient (Wildman–Crippen LogP) is 0.572.